The standard InChI is InChI=1S/C20H25NO6S/c1-7-14-11-17(26-5)19(18(12-14)27-6)13(2)21-28(22,23)20-15(24-3)9-8-10-16(20)25-4/h8-12,21H,2,7H2,1,3-6H3. The van der Waals surface area contributed by atoms with Gasteiger partial charge in [0.1, 0.15) is 23.0 Å². The van der Waals surface area contributed by atoms with Gasteiger partial charge in [-0.25, -0.2) is 8.42 Å². The highest BCUT2D eigenvalue weighted by Crippen LogP contribution is 2.37. The number of hydrogen-bond donors (Lipinski definition) is 1. The predicted molar refractivity (Wildman–Crippen MR) is 108 cm³/mol. The molecule has 0 unspecified atom stereocenters. The minimum absolute atomic E-state index is 0.101. The van der Waals surface area contributed by atoms with Crippen LogP contribution in [0, 0.1) is 0 Å². The van der Waals surface area contributed by atoms with E-state index in [0.717, 1.165) is 12.0 Å². The van der Waals surface area contributed by atoms with Crippen LogP contribution in [0.25, 0.3) is 5.70 Å². The van der Waals surface area contributed by atoms with E-state index in [1.165, 1.54) is 40.6 Å². The van der Waals surface area contributed by atoms with Crippen LogP contribution >= 0.6 is 0 Å². The SMILES string of the molecule is C=C(NS(=O)(=O)c1c(OC)cccc1OC)c1c(OC)cc(CC)cc1OC. The second-order valence-corrected chi connectivity index (χ2v) is 7.42. The predicted octanol–water partition coefficient (Wildman–Crippen LogP) is 3.23. The minimum Gasteiger partial charge on any atom is -0.496 e. The molecule has 0 aliphatic carbocycles. The van der Waals surface area contributed by atoms with Crippen molar-refractivity contribution >= 4 is 15.7 Å². The number of hydrogen-bond acceptors (Lipinski definition) is 6. The molecule has 0 saturated carbocycles. The van der Waals surface area contributed by atoms with Crippen LogP contribution in [0.2, 0.25) is 0 Å². The summed E-state index contributed by atoms with van der Waals surface area (Å²) in [7, 11) is 1.71. The van der Waals surface area contributed by atoms with Crippen molar-refractivity contribution < 1.29 is 27.4 Å². The van der Waals surface area contributed by atoms with Gasteiger partial charge in [-0.15, -0.1) is 0 Å². The Kier molecular flexibility index (Phi) is 6.80. The monoisotopic (exact) mass is 407 g/mol. The Morgan fingerprint density at radius 2 is 1.39 bits per heavy atom. The summed E-state index contributed by atoms with van der Waals surface area (Å²) in [5.41, 5.74) is 1.50. The largest absolute Gasteiger partial charge is 0.496 e. The third-order valence-electron chi connectivity index (χ3n) is 4.18. The summed E-state index contributed by atoms with van der Waals surface area (Å²) in [4.78, 5) is -0.121. The molecule has 1 N–H and O–H groups in total. The maximum atomic E-state index is 13.1. The van der Waals surface area contributed by atoms with E-state index in [9.17, 15) is 8.42 Å². The van der Waals surface area contributed by atoms with Crippen LogP contribution in [0.5, 0.6) is 23.0 Å². The third kappa shape index (κ3) is 4.17. The molecule has 152 valence electrons. The molecule has 0 radical (unpaired) electrons. The Morgan fingerprint density at radius 1 is 0.929 bits per heavy atom. The van der Waals surface area contributed by atoms with Crippen molar-refractivity contribution in [2.75, 3.05) is 28.4 Å². The van der Waals surface area contributed by atoms with E-state index in [2.05, 4.69) is 11.3 Å². The van der Waals surface area contributed by atoms with Crippen molar-refractivity contribution in [1.82, 2.24) is 4.72 Å². The van der Waals surface area contributed by atoms with Crippen LogP contribution < -0.4 is 23.7 Å². The van der Waals surface area contributed by atoms with Crippen molar-refractivity contribution in [1.29, 1.82) is 0 Å². The van der Waals surface area contributed by atoms with E-state index < -0.39 is 10.0 Å². The lowest BCUT2D eigenvalue weighted by Crippen LogP contribution is -2.23. The van der Waals surface area contributed by atoms with E-state index >= 15 is 0 Å². The summed E-state index contributed by atoms with van der Waals surface area (Å²) < 4.78 is 49.9. The number of sulfonamides is 1. The fraction of sp³-hybridized carbons (Fsp3) is 0.300. The average Bonchev–Trinajstić information content (AvgIpc) is 2.71. The van der Waals surface area contributed by atoms with Crippen molar-refractivity contribution in [2.45, 2.75) is 18.2 Å². The first-order valence-corrected chi connectivity index (χ1v) is 9.99. The summed E-state index contributed by atoms with van der Waals surface area (Å²) in [5.74, 6) is 1.21. The zero-order chi connectivity index (χ0) is 20.9. The number of nitrogens with one attached hydrogen (secondary N) is 1. The van der Waals surface area contributed by atoms with Gasteiger partial charge in [0.25, 0.3) is 10.0 Å². The van der Waals surface area contributed by atoms with Crippen LogP contribution in [0.3, 0.4) is 0 Å². The third-order valence-corrected chi connectivity index (χ3v) is 5.64. The summed E-state index contributed by atoms with van der Waals surface area (Å²) in [6.45, 7) is 5.89. The zero-order valence-corrected chi connectivity index (χ0v) is 17.5. The number of benzene rings is 2. The molecular weight excluding hydrogens is 382 g/mol. The van der Waals surface area contributed by atoms with Crippen LogP contribution in [-0.2, 0) is 16.4 Å². The normalized spacial score (nSPS) is 10.9. The van der Waals surface area contributed by atoms with Gasteiger partial charge >= 0.3 is 0 Å². The van der Waals surface area contributed by atoms with Crippen molar-refractivity contribution in [2.24, 2.45) is 0 Å². The molecule has 8 heteroatoms. The molecule has 28 heavy (non-hydrogen) atoms. The molecule has 0 spiro atoms. The van der Waals surface area contributed by atoms with Gasteiger partial charge in [-0.3, -0.25) is 4.72 Å². The van der Waals surface area contributed by atoms with Gasteiger partial charge in [-0.1, -0.05) is 19.6 Å². The molecular formula is C20H25NO6S. The first kappa shape index (κ1) is 21.4. The maximum Gasteiger partial charge on any atom is 0.269 e. The number of rotatable bonds is 9. The molecule has 0 aliphatic rings. The van der Waals surface area contributed by atoms with Gasteiger partial charge in [0.05, 0.1) is 39.7 Å². The smallest absolute Gasteiger partial charge is 0.269 e. The molecule has 0 aliphatic heterocycles. The van der Waals surface area contributed by atoms with Gasteiger partial charge < -0.3 is 18.9 Å². The molecule has 0 saturated heterocycles. The molecule has 0 fully saturated rings. The Balaban J connectivity index is 2.54. The number of aryl methyl sites for hydroxylation is 1. The highest BCUT2D eigenvalue weighted by Gasteiger charge is 2.27. The van der Waals surface area contributed by atoms with Crippen LogP contribution in [-0.4, -0.2) is 36.9 Å². The first-order valence-electron chi connectivity index (χ1n) is 8.50. The van der Waals surface area contributed by atoms with Crippen LogP contribution in [0.15, 0.2) is 41.8 Å². The van der Waals surface area contributed by atoms with Crippen LogP contribution in [0.1, 0.15) is 18.1 Å². The van der Waals surface area contributed by atoms with Gasteiger partial charge in [-0.05, 0) is 36.2 Å². The van der Waals surface area contributed by atoms with E-state index in [1.807, 2.05) is 19.1 Å². The Labute approximate surface area is 165 Å². The molecule has 2 aromatic rings. The molecule has 0 atom stereocenters. The first-order chi connectivity index (χ1) is 13.3. The lowest BCUT2D eigenvalue weighted by atomic mass is 10.1. The molecule has 0 heterocycles. The van der Waals surface area contributed by atoms with Crippen molar-refractivity contribution in [3.63, 3.8) is 0 Å². The van der Waals surface area contributed by atoms with Crippen molar-refractivity contribution in [3.05, 3.63) is 48.0 Å². The Hall–Kier alpha value is -2.87. The topological polar surface area (TPSA) is 83.1 Å². The molecule has 0 amide bonds. The Morgan fingerprint density at radius 3 is 1.79 bits per heavy atom. The average molecular weight is 407 g/mol. The highest BCUT2D eigenvalue weighted by atomic mass is 32.2. The summed E-state index contributed by atoms with van der Waals surface area (Å²) >= 11 is 0. The summed E-state index contributed by atoms with van der Waals surface area (Å²) in [6.07, 6.45) is 0.767. The van der Waals surface area contributed by atoms with E-state index in [4.69, 9.17) is 18.9 Å². The quantitative estimate of drug-likeness (QED) is 0.687. The lowest BCUT2D eigenvalue weighted by molar-refractivity contribution is 0.373. The molecule has 0 bridgehead atoms. The van der Waals surface area contributed by atoms with Gasteiger partial charge in [0.2, 0.25) is 0 Å². The van der Waals surface area contributed by atoms with E-state index in [0.29, 0.717) is 17.1 Å². The number of ether oxygens (including phenoxy) is 4. The fourth-order valence-electron chi connectivity index (χ4n) is 2.81. The van der Waals surface area contributed by atoms with Gasteiger partial charge in [-0.2, -0.15) is 0 Å². The zero-order valence-electron chi connectivity index (χ0n) is 16.7. The molecule has 7 nitrogen and oxygen atoms in total. The highest BCUT2D eigenvalue weighted by molar-refractivity contribution is 7.90. The molecule has 2 aromatic carbocycles. The molecule has 0 aromatic heterocycles. The molecule has 2 rings (SSSR count). The maximum absolute atomic E-state index is 13.1. The summed E-state index contributed by atoms with van der Waals surface area (Å²) in [5, 5.41) is 0. The second kappa shape index (κ2) is 8.88. The van der Waals surface area contributed by atoms with E-state index in [1.54, 1.807) is 6.07 Å². The van der Waals surface area contributed by atoms with Crippen LogP contribution in [0.4, 0.5) is 0 Å². The van der Waals surface area contributed by atoms with Gasteiger partial charge in [0.15, 0.2) is 4.90 Å². The lowest BCUT2D eigenvalue weighted by Gasteiger charge is -2.19. The second-order valence-electron chi connectivity index (χ2n) is 5.80. The minimum atomic E-state index is -4.07. The Bertz CT molecular complexity index is 921. The van der Waals surface area contributed by atoms with Crippen molar-refractivity contribution in [3.8, 4) is 23.0 Å². The fourth-order valence-corrected chi connectivity index (χ4v) is 4.18. The van der Waals surface area contributed by atoms with E-state index in [-0.39, 0.29) is 22.1 Å². The van der Waals surface area contributed by atoms with Gasteiger partial charge in [0, 0.05) is 0 Å². The summed E-state index contributed by atoms with van der Waals surface area (Å²) in [6, 6.07) is 8.36. The number of methoxy groups -OCH3 is 4.